The van der Waals surface area contributed by atoms with Gasteiger partial charge in [-0.05, 0) is 22.9 Å². The Bertz CT molecular complexity index is 364. The highest BCUT2D eigenvalue weighted by atomic mass is 79.9. The van der Waals surface area contributed by atoms with E-state index < -0.39 is 0 Å². The molecule has 0 aliphatic heterocycles. The van der Waals surface area contributed by atoms with E-state index in [9.17, 15) is 0 Å². The van der Waals surface area contributed by atoms with Gasteiger partial charge in [0.1, 0.15) is 17.0 Å². The van der Waals surface area contributed by atoms with E-state index in [1.54, 1.807) is 6.07 Å². The highest BCUT2D eigenvalue weighted by Gasteiger charge is 2.19. The molecule has 1 aromatic rings. The predicted octanol–water partition coefficient (Wildman–Crippen LogP) is 2.95. The number of aromatic nitrogens is 2. The molecule has 0 spiro atoms. The highest BCUT2D eigenvalue weighted by molar-refractivity contribution is 9.10. The molecule has 0 saturated carbocycles. The van der Waals surface area contributed by atoms with E-state index in [1.165, 1.54) is 0 Å². The average molecular weight is 303 g/mol. The summed E-state index contributed by atoms with van der Waals surface area (Å²) in [7, 11) is 0. The van der Waals surface area contributed by atoms with Gasteiger partial charge in [0, 0.05) is 18.1 Å². The van der Waals surface area contributed by atoms with Crippen LogP contribution in [0.1, 0.15) is 33.5 Å². The van der Waals surface area contributed by atoms with Crippen LogP contribution in [-0.2, 0) is 10.2 Å². The summed E-state index contributed by atoms with van der Waals surface area (Å²) < 4.78 is 11.5. The summed E-state index contributed by atoms with van der Waals surface area (Å²) in [5, 5.41) is 0. The first-order valence-corrected chi connectivity index (χ1v) is 6.48. The first-order valence-electron chi connectivity index (χ1n) is 5.69. The van der Waals surface area contributed by atoms with Crippen LogP contribution in [0.2, 0.25) is 0 Å². The lowest BCUT2D eigenvalue weighted by Crippen LogP contribution is -2.17. The molecular weight excluding hydrogens is 284 g/mol. The largest absolute Gasteiger partial charge is 0.475 e. The number of nitrogens with zero attached hydrogens (tertiary/aromatic N) is 2. The van der Waals surface area contributed by atoms with Crippen molar-refractivity contribution < 1.29 is 9.47 Å². The Labute approximate surface area is 111 Å². The van der Waals surface area contributed by atoms with Crippen LogP contribution >= 0.6 is 15.9 Å². The molecule has 0 aromatic carbocycles. The predicted molar refractivity (Wildman–Crippen MR) is 70.4 cm³/mol. The third-order valence-corrected chi connectivity index (χ3v) is 2.43. The molecule has 1 rings (SSSR count). The topological polar surface area (TPSA) is 44.2 Å². The van der Waals surface area contributed by atoms with Crippen molar-refractivity contribution in [1.82, 2.24) is 9.97 Å². The van der Waals surface area contributed by atoms with Crippen LogP contribution in [0.25, 0.3) is 0 Å². The monoisotopic (exact) mass is 302 g/mol. The van der Waals surface area contributed by atoms with Crippen LogP contribution < -0.4 is 4.74 Å². The van der Waals surface area contributed by atoms with Crippen LogP contribution in [0.3, 0.4) is 0 Å². The molecule has 0 aliphatic rings. The van der Waals surface area contributed by atoms with Crippen molar-refractivity contribution in [3.8, 4) is 5.88 Å². The lowest BCUT2D eigenvalue weighted by atomic mass is 9.96. The zero-order chi connectivity index (χ0) is 12.9. The number of rotatable bonds is 5. The lowest BCUT2D eigenvalue weighted by molar-refractivity contribution is 0.108. The van der Waals surface area contributed by atoms with Crippen molar-refractivity contribution in [3.63, 3.8) is 0 Å². The first-order chi connectivity index (χ1) is 7.93. The van der Waals surface area contributed by atoms with Gasteiger partial charge < -0.3 is 9.47 Å². The molecule has 4 nitrogen and oxygen atoms in total. The molecule has 0 aliphatic carbocycles. The van der Waals surface area contributed by atoms with E-state index in [-0.39, 0.29) is 5.41 Å². The van der Waals surface area contributed by atoms with Gasteiger partial charge in [-0.2, -0.15) is 4.98 Å². The van der Waals surface area contributed by atoms with E-state index in [0.717, 1.165) is 10.4 Å². The Morgan fingerprint density at radius 1 is 1.24 bits per heavy atom. The van der Waals surface area contributed by atoms with Gasteiger partial charge in [-0.3, -0.25) is 0 Å². The Morgan fingerprint density at radius 3 is 2.53 bits per heavy atom. The standard InChI is InChI=1S/C12H19BrN2O2/c1-5-16-6-7-17-10-8-9(13)14-11(15-10)12(2,3)4/h8H,5-7H2,1-4H3. The van der Waals surface area contributed by atoms with Gasteiger partial charge in [0.25, 0.3) is 0 Å². The molecule has 5 heteroatoms. The van der Waals surface area contributed by atoms with E-state index in [4.69, 9.17) is 9.47 Å². The number of hydrogen-bond acceptors (Lipinski definition) is 4. The quantitative estimate of drug-likeness (QED) is 0.619. The zero-order valence-electron chi connectivity index (χ0n) is 10.8. The maximum absolute atomic E-state index is 5.52. The van der Waals surface area contributed by atoms with Crippen molar-refractivity contribution in [2.75, 3.05) is 19.8 Å². The first kappa shape index (κ1) is 14.4. The van der Waals surface area contributed by atoms with Gasteiger partial charge in [-0.1, -0.05) is 20.8 Å². The molecule has 1 heterocycles. The third-order valence-electron chi connectivity index (χ3n) is 2.02. The molecule has 1 aromatic heterocycles. The van der Waals surface area contributed by atoms with Crippen molar-refractivity contribution in [2.45, 2.75) is 33.1 Å². The molecule has 0 amide bonds. The summed E-state index contributed by atoms with van der Waals surface area (Å²) in [6.07, 6.45) is 0. The average Bonchev–Trinajstić information content (AvgIpc) is 2.22. The Balaban J connectivity index is 2.69. The molecule has 0 fully saturated rings. The fourth-order valence-corrected chi connectivity index (χ4v) is 1.52. The molecule has 0 saturated heterocycles. The van der Waals surface area contributed by atoms with Gasteiger partial charge in [0.15, 0.2) is 0 Å². The maximum Gasteiger partial charge on any atom is 0.217 e. The van der Waals surface area contributed by atoms with Crippen LogP contribution in [0.4, 0.5) is 0 Å². The van der Waals surface area contributed by atoms with Crippen molar-refractivity contribution in [2.24, 2.45) is 0 Å². The van der Waals surface area contributed by atoms with Gasteiger partial charge >= 0.3 is 0 Å². The molecule has 0 atom stereocenters. The number of hydrogen-bond donors (Lipinski definition) is 0. The highest BCUT2D eigenvalue weighted by Crippen LogP contribution is 2.23. The second-order valence-electron chi connectivity index (χ2n) is 4.65. The zero-order valence-corrected chi connectivity index (χ0v) is 12.4. The molecule has 0 bridgehead atoms. The van der Waals surface area contributed by atoms with Crippen LogP contribution in [0, 0.1) is 0 Å². The molecule has 0 unspecified atom stereocenters. The van der Waals surface area contributed by atoms with Crippen LogP contribution in [0.15, 0.2) is 10.7 Å². The molecule has 0 radical (unpaired) electrons. The van der Waals surface area contributed by atoms with E-state index in [2.05, 4.69) is 46.7 Å². The van der Waals surface area contributed by atoms with Gasteiger partial charge in [-0.25, -0.2) is 4.98 Å². The van der Waals surface area contributed by atoms with Gasteiger partial charge in [0.2, 0.25) is 5.88 Å². The van der Waals surface area contributed by atoms with E-state index in [1.807, 2.05) is 6.92 Å². The Kier molecular flexibility index (Phi) is 5.33. The van der Waals surface area contributed by atoms with E-state index >= 15 is 0 Å². The molecular formula is C12H19BrN2O2. The van der Waals surface area contributed by atoms with Crippen LogP contribution in [0.5, 0.6) is 5.88 Å². The summed E-state index contributed by atoms with van der Waals surface area (Å²) in [4.78, 5) is 8.73. The summed E-state index contributed by atoms with van der Waals surface area (Å²) in [6, 6.07) is 1.77. The summed E-state index contributed by atoms with van der Waals surface area (Å²) in [5.41, 5.74) is -0.0954. The van der Waals surface area contributed by atoms with Crippen LogP contribution in [-0.4, -0.2) is 29.8 Å². The molecule has 0 N–H and O–H groups in total. The second-order valence-corrected chi connectivity index (χ2v) is 5.46. The van der Waals surface area contributed by atoms with Gasteiger partial charge in [-0.15, -0.1) is 0 Å². The minimum Gasteiger partial charge on any atom is -0.475 e. The summed E-state index contributed by atoms with van der Waals surface area (Å²) in [6.45, 7) is 9.93. The van der Waals surface area contributed by atoms with Gasteiger partial charge in [0.05, 0.1) is 6.61 Å². The minimum absolute atomic E-state index is 0.0954. The minimum atomic E-state index is -0.0954. The number of halogens is 1. The fourth-order valence-electron chi connectivity index (χ4n) is 1.16. The second kappa shape index (κ2) is 6.31. The maximum atomic E-state index is 5.52. The summed E-state index contributed by atoms with van der Waals surface area (Å²) in [5.74, 6) is 1.34. The fraction of sp³-hybridized carbons (Fsp3) is 0.667. The SMILES string of the molecule is CCOCCOc1cc(Br)nc(C(C)(C)C)n1. The third kappa shape index (κ3) is 5.00. The smallest absolute Gasteiger partial charge is 0.217 e. The number of ether oxygens (including phenoxy) is 2. The van der Waals surface area contributed by atoms with Crippen molar-refractivity contribution in [1.29, 1.82) is 0 Å². The van der Waals surface area contributed by atoms with E-state index in [0.29, 0.717) is 25.7 Å². The lowest BCUT2D eigenvalue weighted by Gasteiger charge is -2.17. The Morgan fingerprint density at radius 2 is 1.94 bits per heavy atom. The van der Waals surface area contributed by atoms with Crippen molar-refractivity contribution in [3.05, 3.63) is 16.5 Å². The summed E-state index contributed by atoms with van der Waals surface area (Å²) >= 11 is 3.37. The normalized spacial score (nSPS) is 11.6. The molecule has 17 heavy (non-hydrogen) atoms. The van der Waals surface area contributed by atoms with Crippen molar-refractivity contribution >= 4 is 15.9 Å². The Hall–Kier alpha value is -0.680. The molecule has 96 valence electrons.